The molecule has 0 spiro atoms. The molecule has 25 heavy (non-hydrogen) atoms. The van der Waals surface area contributed by atoms with E-state index in [4.69, 9.17) is 11.6 Å². The Kier molecular flexibility index (Phi) is 4.10. The molecule has 0 bridgehead atoms. The van der Waals surface area contributed by atoms with Crippen molar-refractivity contribution in [3.63, 3.8) is 0 Å². The van der Waals surface area contributed by atoms with E-state index in [0.29, 0.717) is 34.9 Å². The first-order chi connectivity index (χ1) is 11.7. The predicted molar refractivity (Wildman–Crippen MR) is 99.9 cm³/mol. The van der Waals surface area contributed by atoms with Crippen LogP contribution in [0.5, 0.6) is 0 Å². The van der Waals surface area contributed by atoms with Crippen LogP contribution < -0.4 is 0 Å². The van der Waals surface area contributed by atoms with Gasteiger partial charge in [0.2, 0.25) is 0 Å². The van der Waals surface area contributed by atoms with Crippen LogP contribution in [0.3, 0.4) is 0 Å². The third-order valence-electron chi connectivity index (χ3n) is 9.21. The zero-order chi connectivity index (χ0) is 18.0. The molecule has 138 valence electrons. The van der Waals surface area contributed by atoms with Crippen LogP contribution in [-0.4, -0.2) is 16.5 Å². The maximum absolute atomic E-state index is 12.3. The second-order valence-corrected chi connectivity index (χ2v) is 10.2. The van der Waals surface area contributed by atoms with Gasteiger partial charge in [-0.3, -0.25) is 4.79 Å². The molecule has 0 heterocycles. The van der Waals surface area contributed by atoms with Crippen LogP contribution in [0.2, 0.25) is 0 Å². The number of Topliss-reactive ketones (excluding diaryl/α,β-unsaturated/α-hetero) is 1. The van der Waals surface area contributed by atoms with E-state index >= 15 is 0 Å². The zero-order valence-corrected chi connectivity index (χ0v) is 16.5. The lowest BCUT2D eigenvalue weighted by molar-refractivity contribution is -0.153. The van der Waals surface area contributed by atoms with E-state index in [1.165, 1.54) is 12.8 Å². The standard InChI is InChI=1S/C22H31ClO2/c1-14-13-20(2)15(12-19(14)24)4-5-16-17(20)6-8-21(3)18(16)7-9-22(21,25)10-11-23/h14-18,25H,4-9,12-13H2,1-3H3/t14-,15-,16+,17-,18-,20-,21-,22+/m0/s1. The van der Waals surface area contributed by atoms with Gasteiger partial charge in [0.15, 0.2) is 0 Å². The second-order valence-electron chi connectivity index (χ2n) is 10.0. The van der Waals surface area contributed by atoms with Crippen molar-refractivity contribution >= 4 is 17.4 Å². The molecule has 4 aliphatic carbocycles. The molecule has 2 nitrogen and oxygen atoms in total. The maximum atomic E-state index is 12.3. The number of carbonyl (C=O) groups is 1. The molecule has 0 saturated heterocycles. The topological polar surface area (TPSA) is 37.3 Å². The third kappa shape index (κ3) is 2.31. The van der Waals surface area contributed by atoms with Gasteiger partial charge < -0.3 is 5.11 Å². The maximum Gasteiger partial charge on any atom is 0.136 e. The van der Waals surface area contributed by atoms with Gasteiger partial charge in [0.25, 0.3) is 0 Å². The lowest BCUT2D eigenvalue weighted by Gasteiger charge is -2.61. The Labute approximate surface area is 157 Å². The van der Waals surface area contributed by atoms with E-state index in [1.807, 2.05) is 0 Å². The minimum atomic E-state index is -0.919. The first-order valence-corrected chi connectivity index (χ1v) is 10.5. The lowest BCUT2D eigenvalue weighted by atomic mass is 9.44. The molecule has 1 N–H and O–H groups in total. The number of carbonyl (C=O) groups excluding carboxylic acids is 1. The average molecular weight is 363 g/mol. The van der Waals surface area contributed by atoms with Crippen molar-refractivity contribution in [2.24, 2.45) is 40.4 Å². The highest BCUT2D eigenvalue weighted by atomic mass is 35.5. The molecule has 4 saturated carbocycles. The molecule has 0 radical (unpaired) electrons. The Morgan fingerprint density at radius 1 is 1.12 bits per heavy atom. The molecule has 4 aliphatic rings. The summed E-state index contributed by atoms with van der Waals surface area (Å²) < 4.78 is 0. The highest BCUT2D eigenvalue weighted by molar-refractivity contribution is 6.30. The van der Waals surface area contributed by atoms with E-state index in [9.17, 15) is 9.90 Å². The van der Waals surface area contributed by atoms with Crippen LogP contribution >= 0.6 is 11.6 Å². The molecule has 0 amide bonds. The van der Waals surface area contributed by atoms with Crippen molar-refractivity contribution in [1.82, 2.24) is 0 Å². The summed E-state index contributed by atoms with van der Waals surface area (Å²) in [5, 5.41) is 13.7. The van der Waals surface area contributed by atoms with Gasteiger partial charge in [-0.2, -0.15) is 0 Å². The first kappa shape index (κ1) is 17.9. The van der Waals surface area contributed by atoms with E-state index in [2.05, 4.69) is 32.1 Å². The quantitative estimate of drug-likeness (QED) is 0.630. The average Bonchev–Trinajstić information content (AvgIpc) is 2.81. The number of aliphatic hydroxyl groups is 1. The Balaban J connectivity index is 1.66. The fourth-order valence-corrected chi connectivity index (χ4v) is 7.86. The fraction of sp³-hybridized carbons (Fsp3) is 0.864. The van der Waals surface area contributed by atoms with Crippen LogP contribution in [0, 0.1) is 51.7 Å². The van der Waals surface area contributed by atoms with Gasteiger partial charge in [-0.05, 0) is 85.6 Å². The fourth-order valence-electron chi connectivity index (χ4n) is 7.71. The SMILES string of the molecule is C[C@H]1C[C@@]2(C)[C@@H](CC[C@@H]3[C@@H]2CC[C@@]2(C)[C@H]3CC[C@@]2(O)C#CCl)CC1=O. The van der Waals surface area contributed by atoms with Crippen molar-refractivity contribution in [1.29, 1.82) is 0 Å². The molecular formula is C22H31ClO2. The Morgan fingerprint density at radius 2 is 1.84 bits per heavy atom. The van der Waals surface area contributed by atoms with Crippen LogP contribution in [0.25, 0.3) is 0 Å². The minimum absolute atomic E-state index is 0.130. The molecule has 4 fully saturated rings. The summed E-state index contributed by atoms with van der Waals surface area (Å²) in [4.78, 5) is 12.3. The zero-order valence-electron chi connectivity index (χ0n) is 15.8. The molecule has 0 aromatic carbocycles. The van der Waals surface area contributed by atoms with Crippen molar-refractivity contribution in [3.05, 3.63) is 0 Å². The molecule has 0 aromatic heterocycles. The van der Waals surface area contributed by atoms with Gasteiger partial charge in [0.1, 0.15) is 11.4 Å². The summed E-state index contributed by atoms with van der Waals surface area (Å²) in [6.45, 7) is 6.86. The minimum Gasteiger partial charge on any atom is -0.377 e. The molecule has 4 rings (SSSR count). The smallest absolute Gasteiger partial charge is 0.136 e. The molecular weight excluding hydrogens is 332 g/mol. The lowest BCUT2D eigenvalue weighted by Crippen LogP contribution is -2.57. The molecule has 0 aromatic rings. The Hall–Kier alpha value is -0.520. The number of ketones is 1. The Bertz CT molecular complexity index is 648. The van der Waals surface area contributed by atoms with Crippen LogP contribution in [0.4, 0.5) is 0 Å². The number of fused-ring (bicyclic) bond motifs is 5. The van der Waals surface area contributed by atoms with Crippen molar-refractivity contribution in [2.45, 2.75) is 77.7 Å². The van der Waals surface area contributed by atoms with Gasteiger partial charge in [-0.1, -0.05) is 26.7 Å². The van der Waals surface area contributed by atoms with Gasteiger partial charge in [-0.15, -0.1) is 0 Å². The summed E-state index contributed by atoms with van der Waals surface area (Å²) in [5.41, 5.74) is -0.746. The number of hydrogen-bond donors (Lipinski definition) is 1. The third-order valence-corrected chi connectivity index (χ3v) is 9.31. The molecule has 0 aliphatic heterocycles. The summed E-state index contributed by atoms with van der Waals surface area (Å²) in [6.07, 6.45) is 8.28. The first-order valence-electron chi connectivity index (χ1n) is 10.1. The molecule has 3 heteroatoms. The summed E-state index contributed by atoms with van der Waals surface area (Å²) >= 11 is 5.69. The van der Waals surface area contributed by atoms with Crippen molar-refractivity contribution in [2.75, 3.05) is 0 Å². The van der Waals surface area contributed by atoms with E-state index in [0.717, 1.165) is 38.5 Å². The highest BCUT2D eigenvalue weighted by Crippen LogP contribution is 2.68. The molecule has 0 unspecified atom stereocenters. The number of halogens is 1. The number of hydrogen-bond acceptors (Lipinski definition) is 2. The van der Waals surface area contributed by atoms with Gasteiger partial charge in [0, 0.05) is 23.1 Å². The van der Waals surface area contributed by atoms with E-state index in [-0.39, 0.29) is 11.3 Å². The van der Waals surface area contributed by atoms with Gasteiger partial charge >= 0.3 is 0 Å². The van der Waals surface area contributed by atoms with E-state index in [1.54, 1.807) is 0 Å². The highest BCUT2D eigenvalue weighted by Gasteiger charge is 2.64. The van der Waals surface area contributed by atoms with Gasteiger partial charge in [-0.25, -0.2) is 0 Å². The van der Waals surface area contributed by atoms with Crippen molar-refractivity contribution < 1.29 is 9.90 Å². The van der Waals surface area contributed by atoms with Crippen LogP contribution in [0.1, 0.15) is 72.1 Å². The van der Waals surface area contributed by atoms with Crippen molar-refractivity contribution in [3.8, 4) is 11.3 Å². The number of rotatable bonds is 0. The van der Waals surface area contributed by atoms with Crippen LogP contribution in [-0.2, 0) is 4.79 Å². The molecule has 8 atom stereocenters. The summed E-state index contributed by atoms with van der Waals surface area (Å²) in [5.74, 6) is 6.15. The van der Waals surface area contributed by atoms with E-state index < -0.39 is 5.60 Å². The van der Waals surface area contributed by atoms with Gasteiger partial charge in [0.05, 0.1) is 0 Å². The largest absolute Gasteiger partial charge is 0.377 e. The summed E-state index contributed by atoms with van der Waals surface area (Å²) in [6, 6.07) is 0. The monoisotopic (exact) mass is 362 g/mol. The Morgan fingerprint density at radius 3 is 2.56 bits per heavy atom. The predicted octanol–water partition coefficient (Wildman–Crippen LogP) is 4.78. The van der Waals surface area contributed by atoms with Crippen LogP contribution in [0.15, 0.2) is 0 Å². The normalized spacial score (nSPS) is 54.8. The second kappa shape index (κ2) is 5.74. The summed E-state index contributed by atoms with van der Waals surface area (Å²) in [7, 11) is 0.